The Morgan fingerprint density at radius 3 is 2.30 bits per heavy atom. The zero-order valence-electron chi connectivity index (χ0n) is 14.1. The summed E-state index contributed by atoms with van der Waals surface area (Å²) in [5.74, 6) is 0.854. The minimum atomic E-state index is 0. The van der Waals surface area contributed by atoms with Crippen molar-refractivity contribution in [2.24, 2.45) is 10.9 Å². The van der Waals surface area contributed by atoms with Crippen LogP contribution in [0.1, 0.15) is 19.4 Å². The molecule has 0 unspecified atom stereocenters. The van der Waals surface area contributed by atoms with Gasteiger partial charge in [-0.1, -0.05) is 37.6 Å². The van der Waals surface area contributed by atoms with E-state index in [2.05, 4.69) is 15.6 Å². The number of halogens is 2. The number of nitrogens with one attached hydrogen (secondary N) is 2. The number of rotatable bonds is 6. The van der Waals surface area contributed by atoms with Crippen molar-refractivity contribution in [2.45, 2.75) is 20.4 Å². The van der Waals surface area contributed by atoms with Gasteiger partial charge in [-0.15, -0.1) is 24.0 Å². The maximum absolute atomic E-state index is 11.5. The summed E-state index contributed by atoms with van der Waals surface area (Å²) in [6.45, 7) is 5.69. The number of carbonyl (C=O) groups is 1. The third-order valence-electron chi connectivity index (χ3n) is 3.14. The largest absolute Gasteiger partial charge is 0.354 e. The third-order valence-corrected chi connectivity index (χ3v) is 3.39. The van der Waals surface area contributed by atoms with E-state index in [4.69, 9.17) is 11.6 Å². The summed E-state index contributed by atoms with van der Waals surface area (Å²) in [6, 6.07) is 7.74. The topological polar surface area (TPSA) is 56.7 Å². The SMILES string of the molecule is CN=C(NCCNC(=O)C(C)C)N(C)Cc1ccc(Cl)cc1.I. The van der Waals surface area contributed by atoms with Crippen LogP contribution in [-0.4, -0.2) is 44.0 Å². The Morgan fingerprint density at radius 2 is 1.78 bits per heavy atom. The summed E-state index contributed by atoms with van der Waals surface area (Å²) < 4.78 is 0. The van der Waals surface area contributed by atoms with Gasteiger partial charge in [0.15, 0.2) is 5.96 Å². The van der Waals surface area contributed by atoms with Gasteiger partial charge in [-0.05, 0) is 17.7 Å². The highest BCUT2D eigenvalue weighted by Crippen LogP contribution is 2.10. The van der Waals surface area contributed by atoms with E-state index in [1.165, 1.54) is 0 Å². The van der Waals surface area contributed by atoms with Crippen molar-refractivity contribution in [1.82, 2.24) is 15.5 Å². The van der Waals surface area contributed by atoms with Crippen molar-refractivity contribution in [3.05, 3.63) is 34.9 Å². The first-order valence-electron chi connectivity index (χ1n) is 7.38. The first-order valence-corrected chi connectivity index (χ1v) is 7.75. The molecule has 0 saturated carbocycles. The Kier molecular flexibility index (Phi) is 11.0. The third kappa shape index (κ3) is 8.41. The van der Waals surface area contributed by atoms with E-state index in [1.807, 2.05) is 50.1 Å². The van der Waals surface area contributed by atoms with Crippen molar-refractivity contribution in [1.29, 1.82) is 0 Å². The van der Waals surface area contributed by atoms with Crippen LogP contribution in [0.4, 0.5) is 0 Å². The summed E-state index contributed by atoms with van der Waals surface area (Å²) in [5.41, 5.74) is 1.16. The van der Waals surface area contributed by atoms with Gasteiger partial charge < -0.3 is 15.5 Å². The summed E-state index contributed by atoms with van der Waals surface area (Å²) in [5, 5.41) is 6.83. The van der Waals surface area contributed by atoms with Gasteiger partial charge in [0.1, 0.15) is 0 Å². The van der Waals surface area contributed by atoms with Gasteiger partial charge in [0.05, 0.1) is 0 Å². The van der Waals surface area contributed by atoms with Gasteiger partial charge in [0.25, 0.3) is 0 Å². The van der Waals surface area contributed by atoms with E-state index in [1.54, 1.807) is 7.05 Å². The standard InChI is InChI=1S/C16H25ClN4O.HI/c1-12(2)15(22)19-9-10-20-16(18-3)21(4)11-13-5-7-14(17)8-6-13;/h5-8,12H,9-11H2,1-4H3,(H,18,20)(H,19,22);1H. The molecule has 0 aromatic heterocycles. The average Bonchev–Trinajstić information content (AvgIpc) is 2.49. The van der Waals surface area contributed by atoms with Crippen LogP contribution in [0.15, 0.2) is 29.3 Å². The van der Waals surface area contributed by atoms with Crippen molar-refractivity contribution in [2.75, 3.05) is 27.2 Å². The first kappa shape index (κ1) is 22.0. The molecule has 0 aliphatic heterocycles. The highest BCUT2D eigenvalue weighted by Gasteiger charge is 2.08. The Bertz CT molecular complexity index is 505. The smallest absolute Gasteiger partial charge is 0.222 e. The molecular weight excluding hydrogens is 427 g/mol. The Hall–Kier alpha value is -1.02. The van der Waals surface area contributed by atoms with Crippen LogP contribution in [0.2, 0.25) is 5.02 Å². The molecule has 1 aromatic carbocycles. The lowest BCUT2D eigenvalue weighted by Crippen LogP contribution is -2.42. The van der Waals surface area contributed by atoms with Gasteiger partial charge in [0, 0.05) is 44.7 Å². The predicted molar refractivity (Wildman–Crippen MR) is 108 cm³/mol. The fourth-order valence-electron chi connectivity index (χ4n) is 1.89. The second-order valence-corrected chi connectivity index (χ2v) is 5.84. The molecule has 0 fully saturated rings. The van der Waals surface area contributed by atoms with Crippen molar-refractivity contribution in [3.8, 4) is 0 Å². The van der Waals surface area contributed by atoms with Gasteiger partial charge in [-0.3, -0.25) is 9.79 Å². The lowest BCUT2D eigenvalue weighted by molar-refractivity contribution is -0.123. The number of benzene rings is 1. The molecule has 0 spiro atoms. The Balaban J connectivity index is 0.00000484. The van der Waals surface area contributed by atoms with Crippen LogP contribution in [0, 0.1) is 5.92 Å². The summed E-state index contributed by atoms with van der Waals surface area (Å²) in [7, 11) is 3.71. The molecule has 1 aromatic rings. The number of guanidine groups is 1. The number of nitrogens with zero attached hydrogens (tertiary/aromatic N) is 2. The van der Waals surface area contributed by atoms with E-state index >= 15 is 0 Å². The second kappa shape index (κ2) is 11.5. The Morgan fingerprint density at radius 1 is 1.22 bits per heavy atom. The minimum Gasteiger partial charge on any atom is -0.354 e. The quantitative estimate of drug-likeness (QED) is 0.302. The molecule has 23 heavy (non-hydrogen) atoms. The van der Waals surface area contributed by atoms with Crippen LogP contribution < -0.4 is 10.6 Å². The molecular formula is C16H26ClIN4O. The van der Waals surface area contributed by atoms with Gasteiger partial charge >= 0.3 is 0 Å². The summed E-state index contributed by atoms with van der Waals surface area (Å²) in [4.78, 5) is 17.7. The maximum Gasteiger partial charge on any atom is 0.222 e. The van der Waals surface area contributed by atoms with Crippen LogP contribution in [0.3, 0.4) is 0 Å². The highest BCUT2D eigenvalue weighted by atomic mass is 127. The molecule has 0 aliphatic rings. The average molecular weight is 453 g/mol. The normalized spacial score (nSPS) is 11.0. The van der Waals surface area contributed by atoms with Crippen LogP contribution in [0.25, 0.3) is 0 Å². The summed E-state index contributed by atoms with van der Waals surface area (Å²) in [6.07, 6.45) is 0. The second-order valence-electron chi connectivity index (χ2n) is 5.40. The molecule has 2 N–H and O–H groups in total. The van der Waals surface area contributed by atoms with Gasteiger partial charge in [-0.25, -0.2) is 0 Å². The van der Waals surface area contributed by atoms with Crippen LogP contribution in [-0.2, 0) is 11.3 Å². The number of hydrogen-bond donors (Lipinski definition) is 2. The van der Waals surface area contributed by atoms with Crippen molar-refractivity contribution in [3.63, 3.8) is 0 Å². The fraction of sp³-hybridized carbons (Fsp3) is 0.500. The monoisotopic (exact) mass is 452 g/mol. The minimum absolute atomic E-state index is 0. The molecule has 0 bridgehead atoms. The number of amides is 1. The fourth-order valence-corrected chi connectivity index (χ4v) is 2.01. The molecule has 0 aliphatic carbocycles. The zero-order valence-corrected chi connectivity index (χ0v) is 17.2. The number of hydrogen-bond acceptors (Lipinski definition) is 2. The zero-order chi connectivity index (χ0) is 16.5. The molecule has 1 amide bonds. The number of aliphatic imine (C=N–C) groups is 1. The van der Waals surface area contributed by atoms with Crippen LogP contribution >= 0.6 is 35.6 Å². The molecule has 0 atom stereocenters. The van der Waals surface area contributed by atoms with Crippen molar-refractivity contribution < 1.29 is 4.79 Å². The molecule has 1 rings (SSSR count). The molecule has 7 heteroatoms. The van der Waals surface area contributed by atoms with Gasteiger partial charge in [0.2, 0.25) is 5.91 Å². The van der Waals surface area contributed by atoms with E-state index in [9.17, 15) is 4.79 Å². The van der Waals surface area contributed by atoms with E-state index < -0.39 is 0 Å². The molecule has 130 valence electrons. The molecule has 0 heterocycles. The maximum atomic E-state index is 11.5. The predicted octanol–water partition coefficient (Wildman–Crippen LogP) is 2.74. The van der Waals surface area contributed by atoms with Crippen LogP contribution in [0.5, 0.6) is 0 Å². The lowest BCUT2D eigenvalue weighted by Gasteiger charge is -2.22. The van der Waals surface area contributed by atoms with E-state index in [-0.39, 0.29) is 35.8 Å². The van der Waals surface area contributed by atoms with E-state index in [0.717, 1.165) is 23.1 Å². The molecule has 5 nitrogen and oxygen atoms in total. The van der Waals surface area contributed by atoms with Crippen molar-refractivity contribution >= 4 is 47.4 Å². The lowest BCUT2D eigenvalue weighted by atomic mass is 10.2. The van der Waals surface area contributed by atoms with E-state index in [0.29, 0.717) is 13.1 Å². The Labute approximate surface area is 160 Å². The molecule has 0 radical (unpaired) electrons. The first-order chi connectivity index (χ1) is 10.4. The summed E-state index contributed by atoms with van der Waals surface area (Å²) >= 11 is 5.89. The number of carbonyl (C=O) groups excluding carboxylic acids is 1. The van der Waals surface area contributed by atoms with Gasteiger partial charge in [-0.2, -0.15) is 0 Å². The highest BCUT2D eigenvalue weighted by molar-refractivity contribution is 14.0. The molecule has 0 saturated heterocycles.